The Hall–Kier alpha value is -3.80. The van der Waals surface area contributed by atoms with Crippen molar-refractivity contribution >= 4 is 45.3 Å². The molecule has 1 spiro atoms. The molecule has 6 atom stereocenters. The lowest BCUT2D eigenvalue weighted by Gasteiger charge is -2.36. The molecule has 2 aromatic carbocycles. The van der Waals surface area contributed by atoms with Crippen LogP contribution in [0.4, 0.5) is 5.69 Å². The van der Waals surface area contributed by atoms with E-state index in [1.54, 1.807) is 15.9 Å². The van der Waals surface area contributed by atoms with Crippen LogP contribution in [0.2, 0.25) is 0 Å². The van der Waals surface area contributed by atoms with Crippen molar-refractivity contribution in [3.63, 3.8) is 0 Å². The number of benzene rings is 2. The summed E-state index contributed by atoms with van der Waals surface area (Å²) in [5, 5.41) is 12.4. The molecule has 0 unspecified atom stereocenters. The normalized spacial score (nSPS) is 30.2. The van der Waals surface area contributed by atoms with E-state index in [0.29, 0.717) is 29.3 Å². The van der Waals surface area contributed by atoms with Crippen LogP contribution in [0.25, 0.3) is 0 Å². The van der Waals surface area contributed by atoms with E-state index in [1.807, 2.05) is 74.5 Å². The van der Waals surface area contributed by atoms with Gasteiger partial charge in [0.15, 0.2) is 0 Å². The van der Waals surface area contributed by atoms with Crippen LogP contribution in [0, 0.1) is 25.7 Å². The van der Waals surface area contributed by atoms with Gasteiger partial charge in [-0.15, -0.1) is 0 Å². The number of para-hydroxylation sites is 1. The Morgan fingerprint density at radius 2 is 1.72 bits per heavy atom. The number of hydrogen-bond acceptors (Lipinski definition) is 7. The zero-order valence-corrected chi connectivity index (χ0v) is 28.1. The zero-order chi connectivity index (χ0) is 33.3. The molecule has 10 nitrogen and oxygen atoms in total. The van der Waals surface area contributed by atoms with Gasteiger partial charge in [0.05, 0.1) is 12.5 Å². The minimum Gasteiger partial charge on any atom is -0.455 e. The smallest absolute Gasteiger partial charge is 0.313 e. The van der Waals surface area contributed by atoms with Gasteiger partial charge in [0.2, 0.25) is 11.8 Å². The molecule has 47 heavy (non-hydrogen) atoms. The minimum absolute atomic E-state index is 0.0507. The Morgan fingerprint density at radius 1 is 0.979 bits per heavy atom. The first kappa shape index (κ1) is 33.1. The molecule has 4 aliphatic heterocycles. The molecule has 4 heterocycles. The number of hydrogen-bond donors (Lipinski definition) is 2. The number of amides is 3. The van der Waals surface area contributed by atoms with Crippen LogP contribution < -0.4 is 10.2 Å². The lowest BCUT2D eigenvalue weighted by Crippen LogP contribution is -2.56. The average molecular weight is 707 g/mol. The highest BCUT2D eigenvalue weighted by Gasteiger charge is 2.75. The molecule has 11 heteroatoms. The van der Waals surface area contributed by atoms with Crippen LogP contribution in [0.3, 0.4) is 0 Å². The number of halogens is 1. The molecule has 248 valence electrons. The number of rotatable bonds is 6. The van der Waals surface area contributed by atoms with Gasteiger partial charge in [-0.3, -0.25) is 19.2 Å². The number of ether oxygens (including phenoxy) is 2. The second kappa shape index (κ2) is 13.7. The fourth-order valence-corrected chi connectivity index (χ4v) is 8.23. The molecular weight excluding hydrogens is 666 g/mol. The predicted molar refractivity (Wildman–Crippen MR) is 178 cm³/mol. The van der Waals surface area contributed by atoms with Gasteiger partial charge < -0.3 is 29.7 Å². The summed E-state index contributed by atoms with van der Waals surface area (Å²) >= 11 is 3.60. The lowest BCUT2D eigenvalue weighted by atomic mass is 9.74. The van der Waals surface area contributed by atoms with Crippen LogP contribution in [0.5, 0.6) is 0 Å². The number of unbranched alkanes of at least 4 members (excludes halogenated alkanes) is 1. The lowest BCUT2D eigenvalue weighted by molar-refractivity contribution is -0.159. The molecule has 2 N–H and O–H groups in total. The summed E-state index contributed by atoms with van der Waals surface area (Å²) in [6.07, 6.45) is 5.51. The fraction of sp³-hybridized carbons (Fsp3) is 0.444. The van der Waals surface area contributed by atoms with E-state index in [4.69, 9.17) is 9.47 Å². The van der Waals surface area contributed by atoms with Crippen LogP contribution in [0.15, 0.2) is 71.2 Å². The number of nitrogens with one attached hydrogen (secondary N) is 1. The fourth-order valence-electron chi connectivity index (χ4n) is 7.49. The first-order valence-electron chi connectivity index (χ1n) is 16.2. The Bertz CT molecular complexity index is 1590. The van der Waals surface area contributed by atoms with Crippen LogP contribution in [-0.2, 0) is 28.7 Å². The van der Waals surface area contributed by atoms with Crippen molar-refractivity contribution in [2.45, 2.75) is 63.4 Å². The summed E-state index contributed by atoms with van der Waals surface area (Å²) in [7, 11) is 0. The molecule has 2 saturated heterocycles. The van der Waals surface area contributed by atoms with Crippen molar-refractivity contribution in [2.75, 3.05) is 31.1 Å². The van der Waals surface area contributed by atoms with Gasteiger partial charge in [0.25, 0.3) is 5.91 Å². The van der Waals surface area contributed by atoms with E-state index in [1.165, 1.54) is 0 Å². The second-order valence-electron chi connectivity index (χ2n) is 12.6. The van der Waals surface area contributed by atoms with Crippen LogP contribution >= 0.6 is 15.9 Å². The maximum Gasteiger partial charge on any atom is 0.313 e. The molecule has 0 radical (unpaired) electrons. The van der Waals surface area contributed by atoms with Gasteiger partial charge in [0, 0.05) is 36.3 Å². The van der Waals surface area contributed by atoms with Gasteiger partial charge in [-0.2, -0.15) is 0 Å². The van der Waals surface area contributed by atoms with E-state index in [2.05, 4.69) is 21.2 Å². The van der Waals surface area contributed by atoms with Crippen molar-refractivity contribution in [3.05, 3.63) is 87.9 Å². The third-order valence-electron chi connectivity index (χ3n) is 9.62. The number of anilines is 1. The van der Waals surface area contributed by atoms with Gasteiger partial charge in [0.1, 0.15) is 29.8 Å². The highest BCUT2D eigenvalue weighted by Crippen LogP contribution is 2.59. The minimum atomic E-state index is -1.41. The standard InChI is InChI=1S/C36H40BrN3O7/c1-22-12-11-13-23(2)30(22)39-17-8-4-7-16-27(42)38-21-26(24-14-5-3-6-15-24)46-35(45)28-29-33(43)40(18-9-10-19-41)32(34(39)44)36(29)20-25(37)31(28)47-36/h3-6,8,11-15,20,26,28-29,31-32,41H,7,9-10,16-19,21H2,1-2H3,(H,38,42)/b8-4-/t26-,28-,29+,31-,32-,36+/m1/s1. The summed E-state index contributed by atoms with van der Waals surface area (Å²) in [6.45, 7) is 4.31. The number of likely N-dealkylation sites (tertiary alicyclic amines) is 1. The Balaban J connectivity index is 1.47. The number of carbonyl (C=O) groups is 4. The quantitative estimate of drug-likeness (QED) is 0.264. The topological polar surface area (TPSA) is 125 Å². The van der Waals surface area contributed by atoms with Gasteiger partial charge in [-0.05, 0) is 55.9 Å². The summed E-state index contributed by atoms with van der Waals surface area (Å²) < 4.78 is 13.3. The molecule has 6 rings (SSSR count). The number of esters is 1. The molecule has 2 aromatic rings. The average Bonchev–Trinajstić information content (AvgIpc) is 3.64. The van der Waals surface area contributed by atoms with E-state index >= 15 is 4.79 Å². The maximum absolute atomic E-state index is 15.0. The van der Waals surface area contributed by atoms with Crippen LogP contribution in [-0.4, -0.2) is 77.7 Å². The monoisotopic (exact) mass is 705 g/mol. The number of allylic oxidation sites excluding steroid dienone is 1. The summed E-state index contributed by atoms with van der Waals surface area (Å²) in [5.74, 6) is -3.54. The summed E-state index contributed by atoms with van der Waals surface area (Å²) in [4.78, 5) is 59.8. The second-order valence-corrected chi connectivity index (χ2v) is 13.5. The highest BCUT2D eigenvalue weighted by atomic mass is 79.9. The number of aliphatic hydroxyl groups excluding tert-OH is 1. The van der Waals surface area contributed by atoms with Gasteiger partial charge in [-0.1, -0.05) is 76.6 Å². The third kappa shape index (κ3) is 6.05. The largest absolute Gasteiger partial charge is 0.455 e. The number of nitrogens with zero attached hydrogens (tertiary/aromatic N) is 2. The highest BCUT2D eigenvalue weighted by molar-refractivity contribution is 9.11. The molecule has 0 saturated carbocycles. The van der Waals surface area contributed by atoms with E-state index in [0.717, 1.165) is 16.8 Å². The van der Waals surface area contributed by atoms with E-state index < -0.39 is 41.7 Å². The van der Waals surface area contributed by atoms with E-state index in [9.17, 15) is 19.5 Å². The SMILES string of the molecule is Cc1cccc(C)c1N1C/C=C\CCC(=O)NC[C@H](c2ccccc2)OC(=O)[C@H]2[C@@H]3O[C@@]4(C=C3Br)[C@@H]2C(=O)N(CCCCO)[C@@H]4C1=O. The number of fused-ring (bicyclic) bond motifs is 2. The molecular formula is C36H40BrN3O7. The molecule has 0 aliphatic carbocycles. The number of cyclic esters (lactones) is 1. The Labute approximate surface area is 282 Å². The van der Waals surface area contributed by atoms with Crippen molar-refractivity contribution in [2.24, 2.45) is 11.8 Å². The first-order chi connectivity index (χ1) is 22.7. The maximum atomic E-state index is 15.0. The Morgan fingerprint density at radius 3 is 2.45 bits per heavy atom. The van der Waals surface area contributed by atoms with Crippen molar-refractivity contribution in [1.29, 1.82) is 0 Å². The number of carbonyl (C=O) groups excluding carboxylic acids is 4. The summed E-state index contributed by atoms with van der Waals surface area (Å²) in [5.41, 5.74) is 1.81. The van der Waals surface area contributed by atoms with Crippen molar-refractivity contribution in [1.82, 2.24) is 10.2 Å². The third-order valence-corrected chi connectivity index (χ3v) is 10.3. The Kier molecular flexibility index (Phi) is 9.68. The van der Waals surface area contributed by atoms with Crippen molar-refractivity contribution in [3.8, 4) is 0 Å². The summed E-state index contributed by atoms with van der Waals surface area (Å²) in [6, 6.07) is 13.9. The molecule has 4 aliphatic rings. The van der Waals surface area contributed by atoms with Crippen molar-refractivity contribution < 1.29 is 33.8 Å². The molecule has 3 amide bonds. The van der Waals surface area contributed by atoms with Gasteiger partial charge >= 0.3 is 5.97 Å². The predicted octanol–water partition coefficient (Wildman–Crippen LogP) is 4.03. The molecule has 0 aromatic heterocycles. The molecule has 2 fully saturated rings. The van der Waals surface area contributed by atoms with Crippen LogP contribution in [0.1, 0.15) is 48.5 Å². The first-order valence-corrected chi connectivity index (χ1v) is 17.0. The van der Waals surface area contributed by atoms with Gasteiger partial charge in [-0.25, -0.2) is 0 Å². The molecule has 5 bridgehead atoms. The van der Waals surface area contributed by atoms with E-state index in [-0.39, 0.29) is 50.4 Å². The number of aryl methyl sites for hydroxylation is 2. The zero-order valence-electron chi connectivity index (χ0n) is 26.6. The number of aliphatic hydroxyl groups is 1.